The third kappa shape index (κ3) is 2.06. The molecule has 0 heterocycles. The Balaban J connectivity index is 1.97. The average molecular weight is 313 g/mol. The van der Waals surface area contributed by atoms with Crippen molar-refractivity contribution < 1.29 is 0 Å². The first-order valence-corrected chi connectivity index (χ1v) is 7.93. The highest BCUT2D eigenvalue weighted by atomic mass is 35.5. The van der Waals surface area contributed by atoms with Crippen LogP contribution in [0.15, 0.2) is 60.7 Å². The topological polar surface area (TPSA) is 0 Å². The maximum absolute atomic E-state index is 6.44. The van der Waals surface area contributed by atoms with Crippen LogP contribution in [0.5, 0.6) is 0 Å². The molecule has 2 aliphatic rings. The lowest BCUT2D eigenvalue weighted by atomic mass is 9.87. The summed E-state index contributed by atoms with van der Waals surface area (Å²) in [6, 6.07) is 16.2. The number of benzene rings is 2. The molecule has 2 aliphatic carbocycles. The maximum atomic E-state index is 6.44. The molecule has 0 nitrogen and oxygen atoms in total. The van der Waals surface area contributed by atoms with Gasteiger partial charge in [-0.3, -0.25) is 0 Å². The van der Waals surface area contributed by atoms with Gasteiger partial charge in [-0.25, -0.2) is 0 Å². The third-order valence-electron chi connectivity index (χ3n) is 4.44. The first-order chi connectivity index (χ1) is 10.3. The number of allylic oxidation sites excluding steroid dienone is 4. The van der Waals surface area contributed by atoms with Gasteiger partial charge in [0.15, 0.2) is 0 Å². The van der Waals surface area contributed by atoms with Crippen LogP contribution in [0.1, 0.15) is 17.5 Å². The zero-order valence-electron chi connectivity index (χ0n) is 11.4. The zero-order valence-corrected chi connectivity index (χ0v) is 12.9. The third-order valence-corrected chi connectivity index (χ3v) is 5.10. The fraction of sp³-hybridized carbons (Fsp3) is 0.158. The minimum absolute atomic E-state index is 0.459. The van der Waals surface area contributed by atoms with E-state index in [1.165, 1.54) is 11.1 Å². The molecule has 2 heteroatoms. The van der Waals surface area contributed by atoms with Crippen LogP contribution in [-0.2, 0) is 0 Å². The molecule has 21 heavy (non-hydrogen) atoms. The molecule has 0 saturated carbocycles. The maximum Gasteiger partial charge on any atom is 0.0481 e. The molecule has 0 spiro atoms. The summed E-state index contributed by atoms with van der Waals surface area (Å²) in [5.41, 5.74) is 4.99. The second-order valence-electron chi connectivity index (χ2n) is 5.62. The van der Waals surface area contributed by atoms with Crippen LogP contribution >= 0.6 is 23.2 Å². The summed E-state index contributed by atoms with van der Waals surface area (Å²) in [7, 11) is 0. The summed E-state index contributed by atoms with van der Waals surface area (Å²) >= 11 is 12.9. The normalized spacial score (nSPS) is 23.1. The van der Waals surface area contributed by atoms with Crippen molar-refractivity contribution in [3.05, 3.63) is 81.9 Å². The van der Waals surface area contributed by atoms with Crippen LogP contribution in [-0.4, -0.2) is 0 Å². The number of rotatable bonds is 2. The summed E-state index contributed by atoms with van der Waals surface area (Å²) in [4.78, 5) is 0. The summed E-state index contributed by atoms with van der Waals surface area (Å²) in [5.74, 6) is 0.919. The van der Waals surface area contributed by atoms with Gasteiger partial charge in [0.1, 0.15) is 0 Å². The second kappa shape index (κ2) is 5.05. The van der Waals surface area contributed by atoms with Crippen molar-refractivity contribution >= 4 is 34.3 Å². The van der Waals surface area contributed by atoms with Crippen LogP contribution in [0.2, 0.25) is 10.0 Å². The molecule has 104 valence electrons. The smallest absolute Gasteiger partial charge is 0.0481 e. The molecule has 2 unspecified atom stereocenters. The minimum Gasteiger partial charge on any atom is -0.0837 e. The molecule has 0 aromatic heterocycles. The lowest BCUT2D eigenvalue weighted by Gasteiger charge is -2.19. The van der Waals surface area contributed by atoms with Gasteiger partial charge in [0.25, 0.3) is 0 Å². The fourth-order valence-electron chi connectivity index (χ4n) is 3.58. The van der Waals surface area contributed by atoms with Gasteiger partial charge in [-0.1, -0.05) is 71.8 Å². The molecular weight excluding hydrogens is 299 g/mol. The molecule has 0 N–H and O–H groups in total. The molecule has 0 aliphatic heterocycles. The van der Waals surface area contributed by atoms with Crippen LogP contribution in [0.4, 0.5) is 0 Å². The average Bonchev–Trinajstić information content (AvgIpc) is 3.09. The van der Waals surface area contributed by atoms with Gasteiger partial charge < -0.3 is 0 Å². The van der Waals surface area contributed by atoms with Gasteiger partial charge >= 0.3 is 0 Å². The minimum atomic E-state index is 0.459. The van der Waals surface area contributed by atoms with Crippen LogP contribution < -0.4 is 0 Å². The molecule has 0 saturated heterocycles. The molecule has 0 radical (unpaired) electrons. The molecule has 2 aromatic rings. The van der Waals surface area contributed by atoms with Gasteiger partial charge in [-0.15, -0.1) is 0 Å². The molecule has 2 bridgehead atoms. The van der Waals surface area contributed by atoms with E-state index in [-0.39, 0.29) is 0 Å². The molecule has 4 rings (SSSR count). The van der Waals surface area contributed by atoms with Crippen LogP contribution in [0, 0.1) is 11.8 Å². The van der Waals surface area contributed by atoms with E-state index in [9.17, 15) is 0 Å². The van der Waals surface area contributed by atoms with Crippen LogP contribution in [0.3, 0.4) is 0 Å². The van der Waals surface area contributed by atoms with E-state index in [0.29, 0.717) is 11.8 Å². The molecule has 0 fully saturated rings. The Morgan fingerprint density at radius 1 is 0.667 bits per heavy atom. The Morgan fingerprint density at radius 3 is 1.52 bits per heavy atom. The molecule has 0 amide bonds. The van der Waals surface area contributed by atoms with E-state index in [2.05, 4.69) is 24.3 Å². The van der Waals surface area contributed by atoms with Crippen molar-refractivity contribution in [2.45, 2.75) is 6.42 Å². The van der Waals surface area contributed by atoms with E-state index >= 15 is 0 Å². The molecular formula is C19H14Cl2. The standard InChI is InChI=1S/C19H14Cl2/c20-16-7-3-1-5-14(16)18-12-9-10-13(11-12)19(18)15-6-2-4-8-17(15)21/h1-10,12-13H,11H2. The Morgan fingerprint density at radius 2 is 1.10 bits per heavy atom. The molecule has 2 aromatic carbocycles. The first-order valence-electron chi connectivity index (χ1n) is 7.18. The van der Waals surface area contributed by atoms with Crippen molar-refractivity contribution in [3.8, 4) is 0 Å². The lowest BCUT2D eigenvalue weighted by Crippen LogP contribution is -1.99. The Bertz CT molecular complexity index is 707. The number of hydrogen-bond acceptors (Lipinski definition) is 0. The predicted molar refractivity (Wildman–Crippen MR) is 90.5 cm³/mol. The van der Waals surface area contributed by atoms with E-state index < -0.39 is 0 Å². The highest BCUT2D eigenvalue weighted by molar-refractivity contribution is 6.34. The van der Waals surface area contributed by atoms with Crippen molar-refractivity contribution in [2.75, 3.05) is 0 Å². The SMILES string of the molecule is Clc1ccccc1C1=C(c2ccccc2Cl)C2C=CC1C2. The van der Waals surface area contributed by atoms with Crippen LogP contribution in [0.25, 0.3) is 11.1 Å². The highest BCUT2D eigenvalue weighted by Crippen LogP contribution is 2.54. The number of hydrogen-bond donors (Lipinski definition) is 0. The summed E-state index contributed by atoms with van der Waals surface area (Å²) < 4.78 is 0. The fourth-order valence-corrected chi connectivity index (χ4v) is 4.05. The zero-order chi connectivity index (χ0) is 14.4. The van der Waals surface area contributed by atoms with Gasteiger partial charge in [-0.05, 0) is 40.8 Å². The monoisotopic (exact) mass is 312 g/mol. The Hall–Kier alpha value is -1.50. The van der Waals surface area contributed by atoms with Crippen molar-refractivity contribution in [1.82, 2.24) is 0 Å². The highest BCUT2D eigenvalue weighted by Gasteiger charge is 2.37. The van der Waals surface area contributed by atoms with Gasteiger partial charge in [0.2, 0.25) is 0 Å². The summed E-state index contributed by atoms with van der Waals surface area (Å²) in [5, 5.41) is 1.64. The second-order valence-corrected chi connectivity index (χ2v) is 6.44. The van der Waals surface area contributed by atoms with Crippen molar-refractivity contribution in [1.29, 1.82) is 0 Å². The summed E-state index contributed by atoms with van der Waals surface area (Å²) in [6.45, 7) is 0. The number of halogens is 2. The van der Waals surface area contributed by atoms with E-state index in [0.717, 1.165) is 27.6 Å². The van der Waals surface area contributed by atoms with E-state index in [1.54, 1.807) is 0 Å². The van der Waals surface area contributed by atoms with Crippen molar-refractivity contribution in [2.24, 2.45) is 11.8 Å². The van der Waals surface area contributed by atoms with Gasteiger partial charge in [0, 0.05) is 21.9 Å². The summed E-state index contributed by atoms with van der Waals surface area (Å²) in [6.07, 6.45) is 5.76. The van der Waals surface area contributed by atoms with Gasteiger partial charge in [0.05, 0.1) is 0 Å². The Kier molecular flexibility index (Phi) is 3.17. The largest absolute Gasteiger partial charge is 0.0837 e. The van der Waals surface area contributed by atoms with E-state index in [1.807, 2.05) is 36.4 Å². The van der Waals surface area contributed by atoms with Gasteiger partial charge in [-0.2, -0.15) is 0 Å². The lowest BCUT2D eigenvalue weighted by molar-refractivity contribution is 0.746. The van der Waals surface area contributed by atoms with Crippen molar-refractivity contribution in [3.63, 3.8) is 0 Å². The predicted octanol–water partition coefficient (Wildman–Crippen LogP) is 6.11. The first kappa shape index (κ1) is 13.2. The number of fused-ring (bicyclic) bond motifs is 2. The van der Waals surface area contributed by atoms with E-state index in [4.69, 9.17) is 23.2 Å². The quantitative estimate of drug-likeness (QED) is 0.587. The molecule has 2 atom stereocenters. The Labute approximate surface area is 134 Å².